The van der Waals surface area contributed by atoms with Crippen molar-refractivity contribution >= 4 is 5.91 Å². The lowest BCUT2D eigenvalue weighted by atomic mass is 9.73. The van der Waals surface area contributed by atoms with Crippen molar-refractivity contribution in [3.05, 3.63) is 53.3 Å². The summed E-state index contributed by atoms with van der Waals surface area (Å²) in [6, 6.07) is 6.57. The molecule has 8 heteroatoms. The van der Waals surface area contributed by atoms with E-state index in [0.717, 1.165) is 31.3 Å². The molecule has 196 valence electrons. The number of hydrogen-bond acceptors (Lipinski definition) is 3. The SMILES string of the molecule is CC(C)(C)n1ccc(C2C[C@@H](C(=O)N3CCC4(CCCCC4)C3)N[C@H]2c2cccc(C(F)(F)F)c2)n1. The van der Waals surface area contributed by atoms with Crippen molar-refractivity contribution in [3.63, 3.8) is 0 Å². The lowest BCUT2D eigenvalue weighted by Gasteiger charge is -2.33. The van der Waals surface area contributed by atoms with Gasteiger partial charge in [0.25, 0.3) is 0 Å². The Balaban J connectivity index is 1.42. The fourth-order valence-corrected chi connectivity index (χ4v) is 6.45. The molecular formula is C28H37F3N4O. The average molecular weight is 503 g/mol. The molecule has 1 amide bonds. The molecule has 1 aromatic heterocycles. The Hall–Kier alpha value is -2.35. The molecule has 3 atom stereocenters. The van der Waals surface area contributed by atoms with E-state index in [-0.39, 0.29) is 22.8 Å². The molecule has 0 bridgehead atoms. The largest absolute Gasteiger partial charge is 0.416 e. The number of likely N-dealkylation sites (tertiary alicyclic amines) is 1. The van der Waals surface area contributed by atoms with Gasteiger partial charge in [0, 0.05) is 31.2 Å². The number of nitrogens with zero attached hydrogens (tertiary/aromatic N) is 3. The lowest BCUT2D eigenvalue weighted by Crippen LogP contribution is -2.44. The van der Waals surface area contributed by atoms with Gasteiger partial charge < -0.3 is 4.90 Å². The second-order valence-corrected chi connectivity index (χ2v) is 12.1. The number of hydrogen-bond donors (Lipinski definition) is 1. The van der Waals surface area contributed by atoms with Crippen LogP contribution in [-0.2, 0) is 16.5 Å². The number of rotatable bonds is 3. The van der Waals surface area contributed by atoms with Crippen LogP contribution in [0.4, 0.5) is 13.2 Å². The minimum absolute atomic E-state index is 0.0761. The van der Waals surface area contributed by atoms with Crippen molar-refractivity contribution in [3.8, 4) is 0 Å². The summed E-state index contributed by atoms with van der Waals surface area (Å²) in [7, 11) is 0. The Morgan fingerprint density at radius 1 is 1.08 bits per heavy atom. The Morgan fingerprint density at radius 2 is 1.83 bits per heavy atom. The molecule has 1 aromatic carbocycles. The third-order valence-corrected chi connectivity index (χ3v) is 8.49. The molecule has 1 aliphatic carbocycles. The molecule has 1 unspecified atom stereocenters. The zero-order valence-electron chi connectivity index (χ0n) is 21.4. The fraction of sp³-hybridized carbons (Fsp3) is 0.643. The van der Waals surface area contributed by atoms with Crippen molar-refractivity contribution in [1.82, 2.24) is 20.0 Å². The monoisotopic (exact) mass is 502 g/mol. The van der Waals surface area contributed by atoms with Crippen molar-refractivity contribution in [2.75, 3.05) is 13.1 Å². The molecule has 1 N–H and O–H groups in total. The van der Waals surface area contributed by atoms with Crippen LogP contribution in [0.25, 0.3) is 0 Å². The first-order valence-corrected chi connectivity index (χ1v) is 13.2. The van der Waals surface area contributed by atoms with Crippen LogP contribution in [-0.4, -0.2) is 39.7 Å². The van der Waals surface area contributed by atoms with Crippen LogP contribution >= 0.6 is 0 Å². The highest BCUT2D eigenvalue weighted by molar-refractivity contribution is 5.83. The van der Waals surface area contributed by atoms with Crippen molar-refractivity contribution in [2.24, 2.45) is 5.41 Å². The highest BCUT2D eigenvalue weighted by Gasteiger charge is 2.46. The molecule has 2 aliphatic heterocycles. The van der Waals surface area contributed by atoms with E-state index in [4.69, 9.17) is 5.10 Å². The molecule has 0 radical (unpaired) electrons. The maximum atomic E-state index is 13.7. The van der Waals surface area contributed by atoms with Gasteiger partial charge in [-0.1, -0.05) is 31.4 Å². The van der Waals surface area contributed by atoms with Gasteiger partial charge in [-0.3, -0.25) is 14.8 Å². The van der Waals surface area contributed by atoms with Crippen LogP contribution in [0.3, 0.4) is 0 Å². The van der Waals surface area contributed by atoms with E-state index in [1.165, 1.54) is 44.2 Å². The number of amides is 1. The van der Waals surface area contributed by atoms with E-state index in [2.05, 4.69) is 26.1 Å². The predicted octanol–water partition coefficient (Wildman–Crippen LogP) is 6.03. The quantitative estimate of drug-likeness (QED) is 0.558. The van der Waals surface area contributed by atoms with E-state index in [1.54, 1.807) is 6.07 Å². The number of carbonyl (C=O) groups is 1. The molecule has 2 aromatic rings. The second kappa shape index (κ2) is 9.19. The van der Waals surface area contributed by atoms with E-state index in [1.807, 2.05) is 21.8 Å². The summed E-state index contributed by atoms with van der Waals surface area (Å²) >= 11 is 0. The van der Waals surface area contributed by atoms with Gasteiger partial charge in [-0.2, -0.15) is 18.3 Å². The smallest absolute Gasteiger partial charge is 0.341 e. The topological polar surface area (TPSA) is 50.2 Å². The summed E-state index contributed by atoms with van der Waals surface area (Å²) in [5, 5.41) is 8.24. The fourth-order valence-electron chi connectivity index (χ4n) is 6.45. The first kappa shape index (κ1) is 25.3. The van der Waals surface area contributed by atoms with Crippen LogP contribution in [0.15, 0.2) is 36.5 Å². The Labute approximate surface area is 211 Å². The van der Waals surface area contributed by atoms with Crippen LogP contribution in [0.2, 0.25) is 0 Å². The lowest BCUT2D eigenvalue weighted by molar-refractivity contribution is -0.137. The first-order chi connectivity index (χ1) is 17.0. The van der Waals surface area contributed by atoms with Crippen LogP contribution in [0.5, 0.6) is 0 Å². The molecule has 1 spiro atoms. The number of halogens is 3. The molecule has 3 heterocycles. The molecule has 1 saturated carbocycles. The second-order valence-electron chi connectivity index (χ2n) is 12.1. The van der Waals surface area contributed by atoms with Crippen molar-refractivity contribution < 1.29 is 18.0 Å². The molecule has 5 nitrogen and oxygen atoms in total. The van der Waals surface area contributed by atoms with E-state index in [9.17, 15) is 18.0 Å². The van der Waals surface area contributed by atoms with Gasteiger partial charge in [-0.25, -0.2) is 0 Å². The minimum Gasteiger partial charge on any atom is -0.341 e. The highest BCUT2D eigenvalue weighted by Crippen LogP contribution is 2.46. The van der Waals surface area contributed by atoms with Crippen LogP contribution in [0.1, 0.15) is 94.5 Å². The van der Waals surface area contributed by atoms with Crippen LogP contribution < -0.4 is 5.32 Å². The number of carbonyl (C=O) groups excluding carboxylic acids is 1. The summed E-state index contributed by atoms with van der Waals surface area (Å²) in [6.45, 7) is 7.75. The summed E-state index contributed by atoms with van der Waals surface area (Å²) in [5.41, 5.74) is 0.725. The third kappa shape index (κ3) is 4.93. The molecule has 3 fully saturated rings. The Kier molecular flexibility index (Phi) is 6.46. The van der Waals surface area contributed by atoms with Crippen molar-refractivity contribution in [1.29, 1.82) is 0 Å². The number of benzene rings is 1. The predicted molar refractivity (Wildman–Crippen MR) is 132 cm³/mol. The molecule has 5 rings (SSSR count). The van der Waals surface area contributed by atoms with Gasteiger partial charge >= 0.3 is 6.18 Å². The average Bonchev–Trinajstić information content (AvgIpc) is 3.57. The van der Waals surface area contributed by atoms with Crippen molar-refractivity contribution in [2.45, 2.75) is 95.4 Å². The standard InChI is InChI=1S/C28H37F3N4O/c1-26(2,3)35-14-10-22(33-35)21-17-23(25(36)34-15-13-27(18-34)11-5-4-6-12-27)32-24(21)19-8-7-9-20(16-19)28(29,30)31/h7-10,14,16,21,23-24,32H,4-6,11-13,15,17-18H2,1-3H3/t21?,23-,24-/m0/s1. The summed E-state index contributed by atoms with van der Waals surface area (Å²) in [4.78, 5) is 15.7. The maximum absolute atomic E-state index is 13.7. The number of aromatic nitrogens is 2. The number of nitrogens with one attached hydrogen (secondary N) is 1. The minimum atomic E-state index is -4.42. The zero-order chi connectivity index (χ0) is 25.7. The van der Waals surface area contributed by atoms with Gasteiger partial charge in [0.15, 0.2) is 0 Å². The summed E-state index contributed by atoms with van der Waals surface area (Å²) in [6.07, 6.45) is 5.20. The van der Waals surface area contributed by atoms with E-state index < -0.39 is 23.8 Å². The third-order valence-electron chi connectivity index (χ3n) is 8.49. The zero-order valence-corrected chi connectivity index (χ0v) is 21.4. The van der Waals surface area contributed by atoms with Gasteiger partial charge in [-0.15, -0.1) is 0 Å². The van der Waals surface area contributed by atoms with Crippen LogP contribution in [0, 0.1) is 5.41 Å². The Bertz CT molecular complexity index is 1100. The molecule has 36 heavy (non-hydrogen) atoms. The highest BCUT2D eigenvalue weighted by atomic mass is 19.4. The number of alkyl halides is 3. The van der Waals surface area contributed by atoms with Gasteiger partial charge in [0.2, 0.25) is 5.91 Å². The summed E-state index contributed by atoms with van der Waals surface area (Å²) in [5.74, 6) is -0.121. The first-order valence-electron chi connectivity index (χ1n) is 13.2. The van der Waals surface area contributed by atoms with Gasteiger partial charge in [0.1, 0.15) is 0 Å². The maximum Gasteiger partial charge on any atom is 0.416 e. The summed E-state index contributed by atoms with van der Waals surface area (Å²) < 4.78 is 42.4. The molecule has 3 aliphatic rings. The normalized spacial score (nSPS) is 26.6. The molecule has 2 saturated heterocycles. The van der Waals surface area contributed by atoms with E-state index in [0.29, 0.717) is 12.0 Å². The van der Waals surface area contributed by atoms with Gasteiger partial charge in [-0.05, 0) is 75.6 Å². The molecular weight excluding hydrogens is 465 g/mol. The Morgan fingerprint density at radius 3 is 2.50 bits per heavy atom. The van der Waals surface area contributed by atoms with E-state index >= 15 is 0 Å². The van der Waals surface area contributed by atoms with Gasteiger partial charge in [0.05, 0.1) is 22.8 Å².